The summed E-state index contributed by atoms with van der Waals surface area (Å²) in [6, 6.07) is 3.20. The number of Topliss-reactive ketones (excluding diaryl/α,β-unsaturated/α-hetero) is 1. The van der Waals surface area contributed by atoms with E-state index in [1.54, 1.807) is 16.8 Å². The molecule has 1 fully saturated rings. The number of rotatable bonds is 2. The third-order valence-electron chi connectivity index (χ3n) is 5.01. The van der Waals surface area contributed by atoms with Crippen molar-refractivity contribution >= 4 is 28.9 Å². The molecule has 24 heavy (non-hydrogen) atoms. The van der Waals surface area contributed by atoms with Gasteiger partial charge in [-0.05, 0) is 25.0 Å². The number of hydrogen-bond donors (Lipinski definition) is 1. The molecular weight excluding hydrogens is 328 g/mol. The lowest BCUT2D eigenvalue weighted by atomic mass is 9.80. The lowest BCUT2D eigenvalue weighted by Gasteiger charge is -2.35. The van der Waals surface area contributed by atoms with Gasteiger partial charge in [-0.1, -0.05) is 30.9 Å². The normalized spacial score (nSPS) is 18.6. The number of aromatic nitrogens is 3. The van der Waals surface area contributed by atoms with Gasteiger partial charge in [0.1, 0.15) is 23.5 Å². The average molecular weight is 345 g/mol. The van der Waals surface area contributed by atoms with E-state index >= 15 is 0 Å². The Kier molecular flexibility index (Phi) is 3.64. The second kappa shape index (κ2) is 5.70. The van der Waals surface area contributed by atoms with Gasteiger partial charge in [-0.2, -0.15) is 0 Å². The number of carbonyl (C=O) groups excluding carboxylic acids is 1. The summed E-state index contributed by atoms with van der Waals surface area (Å²) in [5.41, 5.74) is 0.0778. The number of nitrogens with one attached hydrogen (secondary N) is 1. The second-order valence-electron chi connectivity index (χ2n) is 6.50. The van der Waals surface area contributed by atoms with Gasteiger partial charge >= 0.3 is 0 Å². The first kappa shape index (κ1) is 15.3. The highest BCUT2D eigenvalue weighted by Gasteiger charge is 2.45. The SMILES string of the molecule is O=C1CC2(CCCCC2)n2c1c(Cl)cc(Nc1ccncn1)c2=O. The summed E-state index contributed by atoms with van der Waals surface area (Å²) < 4.78 is 1.65. The fourth-order valence-corrected chi connectivity index (χ4v) is 4.26. The molecule has 0 amide bonds. The molecule has 124 valence electrons. The molecule has 0 atom stereocenters. The zero-order valence-electron chi connectivity index (χ0n) is 13.1. The van der Waals surface area contributed by atoms with Gasteiger partial charge in [0.05, 0.1) is 10.6 Å². The van der Waals surface area contributed by atoms with Crippen LogP contribution in [-0.4, -0.2) is 20.3 Å². The summed E-state index contributed by atoms with van der Waals surface area (Å²) in [7, 11) is 0. The summed E-state index contributed by atoms with van der Waals surface area (Å²) in [6.07, 6.45) is 8.26. The third kappa shape index (κ3) is 2.33. The average Bonchev–Trinajstić information content (AvgIpc) is 2.86. The number of pyridine rings is 1. The highest BCUT2D eigenvalue weighted by atomic mass is 35.5. The summed E-state index contributed by atoms with van der Waals surface area (Å²) in [4.78, 5) is 33.5. The van der Waals surface area contributed by atoms with Crippen LogP contribution in [0.5, 0.6) is 0 Å². The topological polar surface area (TPSA) is 76.9 Å². The van der Waals surface area contributed by atoms with Crippen molar-refractivity contribution in [1.82, 2.24) is 14.5 Å². The van der Waals surface area contributed by atoms with Crippen molar-refractivity contribution in [2.75, 3.05) is 5.32 Å². The van der Waals surface area contributed by atoms with Crippen molar-refractivity contribution in [3.8, 4) is 0 Å². The number of ketones is 1. The monoisotopic (exact) mass is 344 g/mol. The van der Waals surface area contributed by atoms with Gasteiger partial charge < -0.3 is 5.32 Å². The maximum atomic E-state index is 13.1. The van der Waals surface area contributed by atoms with Gasteiger partial charge in [-0.25, -0.2) is 9.97 Å². The van der Waals surface area contributed by atoms with Gasteiger partial charge in [0, 0.05) is 12.6 Å². The first-order valence-corrected chi connectivity index (χ1v) is 8.51. The molecule has 2 aromatic rings. The van der Waals surface area contributed by atoms with Crippen LogP contribution in [0.2, 0.25) is 5.02 Å². The molecule has 0 radical (unpaired) electrons. The molecule has 1 saturated carbocycles. The van der Waals surface area contributed by atoms with E-state index in [9.17, 15) is 9.59 Å². The number of fused-ring (bicyclic) bond motifs is 2. The molecule has 6 nitrogen and oxygen atoms in total. The Balaban J connectivity index is 1.85. The first-order valence-electron chi connectivity index (χ1n) is 8.13. The Morgan fingerprint density at radius 3 is 2.71 bits per heavy atom. The molecule has 4 rings (SSSR count). The highest BCUT2D eigenvalue weighted by Crippen LogP contribution is 2.44. The fraction of sp³-hybridized carbons (Fsp3) is 0.412. The zero-order chi connectivity index (χ0) is 16.7. The maximum Gasteiger partial charge on any atom is 0.275 e. The maximum absolute atomic E-state index is 13.1. The van der Waals surface area contributed by atoms with Crippen molar-refractivity contribution in [1.29, 1.82) is 0 Å². The van der Waals surface area contributed by atoms with Crippen LogP contribution in [0, 0.1) is 0 Å². The molecule has 2 aliphatic rings. The molecule has 1 spiro atoms. The van der Waals surface area contributed by atoms with Crippen LogP contribution in [0.25, 0.3) is 0 Å². The minimum atomic E-state index is -0.408. The van der Waals surface area contributed by atoms with Gasteiger partial charge in [0.2, 0.25) is 0 Å². The standard InChI is InChI=1S/C17H17ClN4O2/c18-11-8-12(21-14-4-7-19-10-20-14)16(24)22-15(11)13(23)9-17(22)5-2-1-3-6-17/h4,7-8,10H,1-3,5-6,9H2,(H,19,20,21). The first-order chi connectivity index (χ1) is 11.6. The van der Waals surface area contributed by atoms with Crippen LogP contribution in [-0.2, 0) is 5.54 Å². The Bertz CT molecular complexity index is 857. The van der Waals surface area contributed by atoms with Crippen LogP contribution < -0.4 is 10.9 Å². The van der Waals surface area contributed by atoms with E-state index in [2.05, 4.69) is 15.3 Å². The molecule has 7 heteroatoms. The van der Waals surface area contributed by atoms with Gasteiger partial charge in [0.15, 0.2) is 5.78 Å². The smallest absolute Gasteiger partial charge is 0.275 e. The van der Waals surface area contributed by atoms with Crippen LogP contribution >= 0.6 is 11.6 Å². The van der Waals surface area contributed by atoms with E-state index in [1.165, 1.54) is 12.4 Å². The van der Waals surface area contributed by atoms with Crippen LogP contribution in [0.4, 0.5) is 11.5 Å². The van der Waals surface area contributed by atoms with Crippen molar-refractivity contribution < 1.29 is 4.79 Å². The van der Waals surface area contributed by atoms with Crippen molar-refractivity contribution in [3.63, 3.8) is 0 Å². The molecule has 2 aromatic heterocycles. The summed E-state index contributed by atoms with van der Waals surface area (Å²) in [6.45, 7) is 0. The third-order valence-corrected chi connectivity index (χ3v) is 5.30. The van der Waals surface area contributed by atoms with E-state index < -0.39 is 5.54 Å². The number of halogens is 1. The minimum Gasteiger partial charge on any atom is -0.336 e. The van der Waals surface area contributed by atoms with E-state index in [4.69, 9.17) is 11.6 Å². The second-order valence-corrected chi connectivity index (χ2v) is 6.91. The van der Waals surface area contributed by atoms with Gasteiger partial charge in [-0.3, -0.25) is 14.2 Å². The molecule has 0 aromatic carbocycles. The van der Waals surface area contributed by atoms with Crippen molar-refractivity contribution in [2.45, 2.75) is 44.1 Å². The summed E-state index contributed by atoms with van der Waals surface area (Å²) in [5.74, 6) is 0.480. The zero-order valence-corrected chi connectivity index (χ0v) is 13.8. The molecule has 1 N–H and O–H groups in total. The van der Waals surface area contributed by atoms with Crippen LogP contribution in [0.15, 0.2) is 29.5 Å². The molecule has 1 aliphatic heterocycles. The van der Waals surface area contributed by atoms with E-state index in [0.29, 0.717) is 28.6 Å². The molecule has 0 bridgehead atoms. The fourth-order valence-electron chi connectivity index (χ4n) is 3.96. The Labute approximate surface area is 143 Å². The predicted molar refractivity (Wildman–Crippen MR) is 91.0 cm³/mol. The van der Waals surface area contributed by atoms with Crippen molar-refractivity contribution in [3.05, 3.63) is 45.7 Å². The number of hydrogen-bond acceptors (Lipinski definition) is 5. The Morgan fingerprint density at radius 2 is 2.00 bits per heavy atom. The minimum absolute atomic E-state index is 0.0346. The molecule has 3 heterocycles. The Hall–Kier alpha value is -2.21. The molecule has 0 unspecified atom stereocenters. The van der Waals surface area contributed by atoms with Crippen molar-refractivity contribution in [2.24, 2.45) is 0 Å². The summed E-state index contributed by atoms with van der Waals surface area (Å²) in [5, 5.41) is 3.32. The van der Waals surface area contributed by atoms with E-state index in [0.717, 1.165) is 32.1 Å². The quantitative estimate of drug-likeness (QED) is 0.904. The lowest BCUT2D eigenvalue weighted by Crippen LogP contribution is -2.40. The van der Waals surface area contributed by atoms with E-state index in [-0.39, 0.29) is 11.3 Å². The largest absolute Gasteiger partial charge is 0.336 e. The molecule has 0 saturated heterocycles. The Morgan fingerprint density at radius 1 is 1.21 bits per heavy atom. The van der Waals surface area contributed by atoms with E-state index in [1.807, 2.05) is 0 Å². The molecule has 1 aliphatic carbocycles. The predicted octanol–water partition coefficient (Wildman–Crippen LogP) is 3.28. The van der Waals surface area contributed by atoms with Gasteiger partial charge in [0.25, 0.3) is 5.56 Å². The number of nitrogens with zero attached hydrogens (tertiary/aromatic N) is 3. The van der Waals surface area contributed by atoms with Gasteiger partial charge in [-0.15, -0.1) is 0 Å². The number of anilines is 2. The lowest BCUT2D eigenvalue weighted by molar-refractivity contribution is 0.0950. The highest BCUT2D eigenvalue weighted by molar-refractivity contribution is 6.34. The van der Waals surface area contributed by atoms with Crippen LogP contribution in [0.3, 0.4) is 0 Å². The van der Waals surface area contributed by atoms with Crippen LogP contribution in [0.1, 0.15) is 49.0 Å². The number of carbonyl (C=O) groups is 1. The molecular formula is C17H17ClN4O2. The summed E-state index contributed by atoms with van der Waals surface area (Å²) >= 11 is 6.36.